The van der Waals surface area contributed by atoms with Crippen LogP contribution in [0.25, 0.3) is 0 Å². The Morgan fingerprint density at radius 2 is 2.31 bits per heavy atom. The lowest BCUT2D eigenvalue weighted by atomic mass is 10.3. The van der Waals surface area contributed by atoms with Gasteiger partial charge < -0.3 is 15.2 Å². The van der Waals surface area contributed by atoms with Gasteiger partial charge in [0, 0.05) is 12.6 Å². The minimum atomic E-state index is -0.353. The molecular formula is C9H12FNO2. The van der Waals surface area contributed by atoms with Crippen molar-refractivity contribution in [2.75, 3.05) is 25.6 Å². The van der Waals surface area contributed by atoms with Gasteiger partial charge in [0.2, 0.25) is 0 Å². The van der Waals surface area contributed by atoms with Gasteiger partial charge in [0.25, 0.3) is 0 Å². The van der Waals surface area contributed by atoms with E-state index in [4.69, 9.17) is 9.84 Å². The van der Waals surface area contributed by atoms with Crippen LogP contribution in [0.4, 0.5) is 10.1 Å². The van der Waals surface area contributed by atoms with E-state index in [0.717, 1.165) is 0 Å². The predicted molar refractivity (Wildman–Crippen MR) is 48.5 cm³/mol. The smallest absolute Gasteiger partial charge is 0.146 e. The number of aliphatic hydroxyl groups excluding tert-OH is 1. The quantitative estimate of drug-likeness (QED) is 0.741. The molecule has 1 rings (SSSR count). The van der Waals surface area contributed by atoms with Gasteiger partial charge in [-0.3, -0.25) is 0 Å². The SMILES string of the molecule is COc1ccc(F)c(NCCO)c1. The molecule has 0 spiro atoms. The first-order valence-electron chi connectivity index (χ1n) is 3.96. The van der Waals surface area contributed by atoms with Crippen molar-refractivity contribution in [2.24, 2.45) is 0 Å². The Labute approximate surface area is 76.1 Å². The molecule has 0 amide bonds. The third-order valence-electron chi connectivity index (χ3n) is 1.60. The fraction of sp³-hybridized carbons (Fsp3) is 0.333. The minimum absolute atomic E-state index is 0.0311. The summed E-state index contributed by atoms with van der Waals surface area (Å²) in [5, 5.41) is 11.3. The van der Waals surface area contributed by atoms with Crippen LogP contribution >= 0.6 is 0 Å². The molecule has 2 N–H and O–H groups in total. The second kappa shape index (κ2) is 4.67. The number of methoxy groups -OCH3 is 1. The molecule has 0 aliphatic rings. The maximum Gasteiger partial charge on any atom is 0.146 e. The van der Waals surface area contributed by atoms with Crippen LogP contribution in [0, 0.1) is 5.82 Å². The normalized spacial score (nSPS) is 9.77. The predicted octanol–water partition coefficient (Wildman–Crippen LogP) is 1.24. The molecule has 0 saturated carbocycles. The molecule has 4 heteroatoms. The van der Waals surface area contributed by atoms with Crippen molar-refractivity contribution in [2.45, 2.75) is 0 Å². The molecule has 0 saturated heterocycles. The fourth-order valence-corrected chi connectivity index (χ4v) is 0.957. The molecule has 0 bridgehead atoms. The first-order chi connectivity index (χ1) is 6.27. The van der Waals surface area contributed by atoms with Crippen LogP contribution in [-0.2, 0) is 0 Å². The zero-order chi connectivity index (χ0) is 9.68. The van der Waals surface area contributed by atoms with E-state index in [2.05, 4.69) is 5.32 Å². The van der Waals surface area contributed by atoms with Crippen LogP contribution < -0.4 is 10.1 Å². The Kier molecular flexibility index (Phi) is 3.52. The van der Waals surface area contributed by atoms with Crippen molar-refractivity contribution < 1.29 is 14.2 Å². The molecule has 3 nitrogen and oxygen atoms in total. The third-order valence-corrected chi connectivity index (χ3v) is 1.60. The summed E-state index contributed by atoms with van der Waals surface area (Å²) in [4.78, 5) is 0. The van der Waals surface area contributed by atoms with Crippen molar-refractivity contribution in [3.63, 3.8) is 0 Å². The standard InChI is InChI=1S/C9H12FNO2/c1-13-7-2-3-8(10)9(6-7)11-4-5-12/h2-3,6,11-12H,4-5H2,1H3. The van der Waals surface area contributed by atoms with Gasteiger partial charge in [-0.25, -0.2) is 4.39 Å². The molecule has 0 aromatic heterocycles. The number of nitrogens with one attached hydrogen (secondary N) is 1. The van der Waals surface area contributed by atoms with E-state index in [1.165, 1.54) is 13.2 Å². The molecule has 1 aromatic rings. The van der Waals surface area contributed by atoms with Crippen LogP contribution in [0.5, 0.6) is 5.75 Å². The first kappa shape index (κ1) is 9.80. The Hall–Kier alpha value is -1.29. The topological polar surface area (TPSA) is 41.5 Å². The van der Waals surface area contributed by atoms with Crippen LogP contribution in [0.3, 0.4) is 0 Å². The summed E-state index contributed by atoms with van der Waals surface area (Å²) in [5.41, 5.74) is 0.341. The lowest BCUT2D eigenvalue weighted by Crippen LogP contribution is -2.06. The van der Waals surface area contributed by atoms with Gasteiger partial charge in [0.05, 0.1) is 19.4 Å². The summed E-state index contributed by atoms with van der Waals surface area (Å²) < 4.78 is 18.0. The van der Waals surface area contributed by atoms with E-state index >= 15 is 0 Å². The number of aliphatic hydroxyl groups is 1. The number of ether oxygens (including phenoxy) is 1. The zero-order valence-corrected chi connectivity index (χ0v) is 7.38. The molecule has 1 aromatic carbocycles. The van der Waals surface area contributed by atoms with Crippen LogP contribution in [-0.4, -0.2) is 25.4 Å². The molecule has 0 fully saturated rings. The highest BCUT2D eigenvalue weighted by Crippen LogP contribution is 2.20. The van der Waals surface area contributed by atoms with Crippen molar-refractivity contribution in [3.8, 4) is 5.75 Å². The highest BCUT2D eigenvalue weighted by atomic mass is 19.1. The molecular weight excluding hydrogens is 173 g/mol. The van der Waals surface area contributed by atoms with E-state index in [1.807, 2.05) is 0 Å². The number of hydrogen-bond donors (Lipinski definition) is 2. The van der Waals surface area contributed by atoms with Gasteiger partial charge >= 0.3 is 0 Å². The lowest BCUT2D eigenvalue weighted by molar-refractivity contribution is 0.311. The van der Waals surface area contributed by atoms with E-state index < -0.39 is 0 Å². The summed E-state index contributed by atoms with van der Waals surface area (Å²) >= 11 is 0. The van der Waals surface area contributed by atoms with Crippen molar-refractivity contribution in [1.82, 2.24) is 0 Å². The third kappa shape index (κ3) is 2.59. The molecule has 0 radical (unpaired) electrons. The summed E-state index contributed by atoms with van der Waals surface area (Å²) in [7, 11) is 1.52. The van der Waals surface area contributed by atoms with Crippen molar-refractivity contribution >= 4 is 5.69 Å². The van der Waals surface area contributed by atoms with Gasteiger partial charge in [-0.05, 0) is 12.1 Å². The molecule has 0 aliphatic heterocycles. The molecule has 13 heavy (non-hydrogen) atoms. The van der Waals surface area contributed by atoms with Gasteiger partial charge in [-0.1, -0.05) is 0 Å². The second-order valence-corrected chi connectivity index (χ2v) is 2.50. The maximum absolute atomic E-state index is 13.0. The van der Waals surface area contributed by atoms with Gasteiger partial charge in [0.15, 0.2) is 0 Å². The minimum Gasteiger partial charge on any atom is -0.497 e. The highest BCUT2D eigenvalue weighted by molar-refractivity contribution is 5.49. The van der Waals surface area contributed by atoms with Crippen LogP contribution in [0.1, 0.15) is 0 Å². The number of rotatable bonds is 4. The van der Waals surface area contributed by atoms with E-state index in [0.29, 0.717) is 18.0 Å². The average molecular weight is 185 g/mol. The Morgan fingerprint density at radius 3 is 2.92 bits per heavy atom. The Morgan fingerprint density at radius 1 is 1.54 bits per heavy atom. The molecule has 0 atom stereocenters. The fourth-order valence-electron chi connectivity index (χ4n) is 0.957. The zero-order valence-electron chi connectivity index (χ0n) is 7.38. The van der Waals surface area contributed by atoms with Crippen molar-refractivity contribution in [1.29, 1.82) is 0 Å². The summed E-state index contributed by atoms with van der Waals surface area (Å²) in [6, 6.07) is 4.41. The summed E-state index contributed by atoms with van der Waals surface area (Å²) in [5.74, 6) is 0.232. The van der Waals surface area contributed by atoms with E-state index in [1.54, 1.807) is 12.1 Å². The molecule has 0 aliphatic carbocycles. The summed E-state index contributed by atoms with van der Waals surface area (Å²) in [6.07, 6.45) is 0. The monoisotopic (exact) mass is 185 g/mol. The number of anilines is 1. The Balaban J connectivity index is 2.78. The van der Waals surface area contributed by atoms with Gasteiger partial charge in [0.1, 0.15) is 11.6 Å². The van der Waals surface area contributed by atoms with Crippen LogP contribution in [0.15, 0.2) is 18.2 Å². The van der Waals surface area contributed by atoms with E-state index in [-0.39, 0.29) is 12.4 Å². The first-order valence-corrected chi connectivity index (χ1v) is 3.96. The van der Waals surface area contributed by atoms with E-state index in [9.17, 15) is 4.39 Å². The maximum atomic E-state index is 13.0. The molecule has 0 heterocycles. The number of hydrogen-bond acceptors (Lipinski definition) is 3. The second-order valence-electron chi connectivity index (χ2n) is 2.50. The largest absolute Gasteiger partial charge is 0.497 e. The van der Waals surface area contributed by atoms with Crippen molar-refractivity contribution in [3.05, 3.63) is 24.0 Å². The van der Waals surface area contributed by atoms with Crippen LogP contribution in [0.2, 0.25) is 0 Å². The number of benzene rings is 1. The molecule has 72 valence electrons. The Bertz CT molecular complexity index is 278. The number of halogens is 1. The lowest BCUT2D eigenvalue weighted by Gasteiger charge is -2.07. The van der Waals surface area contributed by atoms with Gasteiger partial charge in [-0.15, -0.1) is 0 Å². The summed E-state index contributed by atoms with van der Waals surface area (Å²) in [6.45, 7) is 0.292. The highest BCUT2D eigenvalue weighted by Gasteiger charge is 2.02. The average Bonchev–Trinajstić information content (AvgIpc) is 2.17. The van der Waals surface area contributed by atoms with Gasteiger partial charge in [-0.2, -0.15) is 0 Å². The molecule has 0 unspecified atom stereocenters.